The number of hydrogen-bond acceptors (Lipinski definition) is 4. The molecule has 2 unspecified atom stereocenters. The monoisotopic (exact) mass is 406 g/mol. The van der Waals surface area contributed by atoms with Gasteiger partial charge in [0.25, 0.3) is 0 Å². The second kappa shape index (κ2) is 6.55. The number of alkyl halides is 3. The first-order valence-corrected chi connectivity index (χ1v) is 9.53. The minimum Gasteiger partial charge on any atom is -0.493 e. The molecule has 0 saturated heterocycles. The molecule has 8 heteroatoms. The van der Waals surface area contributed by atoms with Crippen molar-refractivity contribution in [2.24, 2.45) is 11.0 Å². The van der Waals surface area contributed by atoms with E-state index in [0.29, 0.717) is 23.0 Å². The Bertz CT molecular complexity index is 976. The van der Waals surface area contributed by atoms with E-state index in [1.165, 1.54) is 29.8 Å². The molecular weight excluding hydrogens is 389 g/mol. The van der Waals surface area contributed by atoms with Crippen LogP contribution in [0.15, 0.2) is 53.6 Å². The number of ether oxygens (including phenoxy) is 1. The van der Waals surface area contributed by atoms with Crippen LogP contribution in [-0.2, 0) is 15.8 Å². The molecule has 0 N–H and O–H groups in total. The molecule has 1 spiro atoms. The fraction of sp³-hybridized carbons (Fsp3) is 0.300. The summed E-state index contributed by atoms with van der Waals surface area (Å²) in [7, 11) is 0. The number of carbonyl (C=O) groups is 1. The lowest BCUT2D eigenvalue weighted by Gasteiger charge is -2.43. The van der Waals surface area contributed by atoms with Gasteiger partial charge in [-0.1, -0.05) is 49.0 Å². The van der Waals surface area contributed by atoms with Crippen molar-refractivity contribution in [1.82, 2.24) is 5.01 Å². The van der Waals surface area contributed by atoms with E-state index in [1.54, 1.807) is 6.07 Å². The minimum atomic E-state index is -4.45. The Hall–Kier alpha value is -2.48. The molecule has 146 valence electrons. The van der Waals surface area contributed by atoms with E-state index in [-0.39, 0.29) is 11.8 Å². The van der Waals surface area contributed by atoms with Gasteiger partial charge in [0.15, 0.2) is 4.87 Å². The van der Waals surface area contributed by atoms with Gasteiger partial charge in [-0.3, -0.25) is 4.79 Å². The quantitative estimate of drug-likeness (QED) is 0.680. The zero-order chi connectivity index (χ0) is 20.1. The second-order valence-corrected chi connectivity index (χ2v) is 8.03. The first-order chi connectivity index (χ1) is 13.2. The molecule has 4 rings (SSSR count). The largest absolute Gasteiger partial charge is 0.493 e. The van der Waals surface area contributed by atoms with Gasteiger partial charge < -0.3 is 4.74 Å². The van der Waals surface area contributed by atoms with Crippen LogP contribution in [0.2, 0.25) is 0 Å². The van der Waals surface area contributed by atoms with Crippen LogP contribution in [0.4, 0.5) is 13.2 Å². The Labute approximate surface area is 164 Å². The summed E-state index contributed by atoms with van der Waals surface area (Å²) < 4.78 is 45.2. The van der Waals surface area contributed by atoms with Crippen LogP contribution in [0.3, 0.4) is 0 Å². The molecule has 0 radical (unpaired) electrons. The lowest BCUT2D eigenvalue weighted by atomic mass is 9.90. The average molecular weight is 406 g/mol. The third-order valence-electron chi connectivity index (χ3n) is 4.92. The van der Waals surface area contributed by atoms with Crippen molar-refractivity contribution in [1.29, 1.82) is 0 Å². The van der Waals surface area contributed by atoms with E-state index in [0.717, 1.165) is 17.7 Å². The zero-order valence-electron chi connectivity index (χ0n) is 15.2. The fourth-order valence-corrected chi connectivity index (χ4v) is 5.05. The van der Waals surface area contributed by atoms with Gasteiger partial charge in [0.2, 0.25) is 5.91 Å². The molecule has 4 nitrogen and oxygen atoms in total. The van der Waals surface area contributed by atoms with Gasteiger partial charge in [-0.25, -0.2) is 5.01 Å². The fourth-order valence-electron chi connectivity index (χ4n) is 3.59. The summed E-state index contributed by atoms with van der Waals surface area (Å²) in [5.74, 6) is 0.251. The minimum absolute atomic E-state index is 0.122. The molecule has 0 bridgehead atoms. The number of fused-ring (bicyclic) bond motifs is 2. The Morgan fingerprint density at radius 1 is 1.25 bits per heavy atom. The van der Waals surface area contributed by atoms with E-state index in [1.807, 2.05) is 31.2 Å². The zero-order valence-corrected chi connectivity index (χ0v) is 16.0. The lowest BCUT2D eigenvalue weighted by Crippen LogP contribution is -2.49. The van der Waals surface area contributed by atoms with Crippen LogP contribution in [0.1, 0.15) is 30.5 Å². The van der Waals surface area contributed by atoms with Gasteiger partial charge in [0, 0.05) is 24.0 Å². The first-order valence-electron chi connectivity index (χ1n) is 8.72. The molecule has 2 aliphatic heterocycles. The summed E-state index contributed by atoms with van der Waals surface area (Å²) in [6.45, 7) is 3.73. The van der Waals surface area contributed by atoms with Gasteiger partial charge >= 0.3 is 6.18 Å². The van der Waals surface area contributed by atoms with Gasteiger partial charge in [-0.05, 0) is 18.2 Å². The molecule has 1 amide bonds. The van der Waals surface area contributed by atoms with E-state index in [4.69, 9.17) is 4.74 Å². The molecule has 0 saturated carbocycles. The Morgan fingerprint density at radius 2 is 2.00 bits per heavy atom. The van der Waals surface area contributed by atoms with Gasteiger partial charge in [0.05, 0.1) is 12.2 Å². The van der Waals surface area contributed by atoms with Gasteiger partial charge in [-0.15, -0.1) is 0 Å². The van der Waals surface area contributed by atoms with E-state index < -0.39 is 16.6 Å². The summed E-state index contributed by atoms with van der Waals surface area (Å²) in [4.78, 5) is 11.6. The summed E-state index contributed by atoms with van der Waals surface area (Å²) in [6.07, 6.45) is -4.45. The summed E-state index contributed by atoms with van der Waals surface area (Å²) in [6, 6.07) is 12.4. The number of para-hydroxylation sites is 1. The van der Waals surface area contributed by atoms with Gasteiger partial charge in [-0.2, -0.15) is 18.3 Å². The van der Waals surface area contributed by atoms with Crippen molar-refractivity contribution in [2.75, 3.05) is 6.61 Å². The number of rotatable bonds is 1. The van der Waals surface area contributed by atoms with Crippen LogP contribution in [0, 0.1) is 5.92 Å². The molecule has 2 aromatic carbocycles. The molecule has 28 heavy (non-hydrogen) atoms. The molecular formula is C20H17F3N2O2S. The molecule has 0 aromatic heterocycles. The summed E-state index contributed by atoms with van der Waals surface area (Å²) in [5, 5.41) is 6.22. The highest BCUT2D eigenvalue weighted by Crippen LogP contribution is 2.56. The maximum Gasteiger partial charge on any atom is 0.416 e. The smallest absolute Gasteiger partial charge is 0.416 e. The normalized spacial score (nSPS) is 24.0. The number of halogens is 3. The molecule has 2 aromatic rings. The summed E-state index contributed by atoms with van der Waals surface area (Å²) >= 11 is 1.30. The number of hydrogen-bond donors (Lipinski definition) is 0. The van der Waals surface area contributed by atoms with Crippen LogP contribution < -0.4 is 4.74 Å². The van der Waals surface area contributed by atoms with Crippen molar-refractivity contribution >= 4 is 22.7 Å². The Kier molecular flexibility index (Phi) is 4.41. The Balaban J connectivity index is 1.83. The number of thioether (sulfide) groups is 1. The number of hydrazone groups is 1. The standard InChI is InChI=1S/C20H17F3N2O2S/c1-12-11-27-17-9-4-3-8-16(17)19(12)25(13(2)26)24-18(28-19)14-6-5-7-15(10-14)20(21,22)23/h3-10,12H,11H2,1-2H3. The van der Waals surface area contributed by atoms with Crippen molar-refractivity contribution in [3.05, 3.63) is 65.2 Å². The molecule has 0 fully saturated rings. The van der Waals surface area contributed by atoms with Crippen molar-refractivity contribution in [2.45, 2.75) is 24.9 Å². The van der Waals surface area contributed by atoms with Gasteiger partial charge in [0.1, 0.15) is 10.8 Å². The van der Waals surface area contributed by atoms with Crippen LogP contribution >= 0.6 is 11.8 Å². The van der Waals surface area contributed by atoms with Crippen LogP contribution in [0.5, 0.6) is 5.75 Å². The molecule has 0 aliphatic carbocycles. The molecule has 2 aliphatic rings. The Morgan fingerprint density at radius 3 is 2.71 bits per heavy atom. The predicted octanol–water partition coefficient (Wildman–Crippen LogP) is 4.84. The lowest BCUT2D eigenvalue weighted by molar-refractivity contribution is -0.137. The number of amides is 1. The van der Waals surface area contributed by atoms with Crippen LogP contribution in [-0.4, -0.2) is 22.6 Å². The topological polar surface area (TPSA) is 41.9 Å². The molecule has 2 heterocycles. The maximum absolute atomic E-state index is 13.1. The average Bonchev–Trinajstić information content (AvgIpc) is 3.07. The number of carbonyl (C=O) groups excluding carboxylic acids is 1. The van der Waals surface area contributed by atoms with E-state index in [2.05, 4.69) is 5.10 Å². The van der Waals surface area contributed by atoms with Crippen LogP contribution in [0.25, 0.3) is 0 Å². The third kappa shape index (κ3) is 2.87. The molecule has 2 atom stereocenters. The van der Waals surface area contributed by atoms with Crippen molar-refractivity contribution in [3.63, 3.8) is 0 Å². The number of benzene rings is 2. The van der Waals surface area contributed by atoms with E-state index in [9.17, 15) is 18.0 Å². The van der Waals surface area contributed by atoms with Crippen molar-refractivity contribution in [3.8, 4) is 5.75 Å². The second-order valence-electron chi connectivity index (χ2n) is 6.82. The van der Waals surface area contributed by atoms with E-state index >= 15 is 0 Å². The maximum atomic E-state index is 13.1. The summed E-state index contributed by atoms with van der Waals surface area (Å²) in [5.41, 5.74) is 0.378. The highest BCUT2D eigenvalue weighted by molar-refractivity contribution is 8.15. The van der Waals surface area contributed by atoms with Crippen molar-refractivity contribution < 1.29 is 22.7 Å². The first kappa shape index (κ1) is 18.9. The SMILES string of the molecule is CC(=O)N1N=C(c2cccc(C(F)(F)F)c2)SC12c1ccccc1OCC2C. The highest BCUT2D eigenvalue weighted by atomic mass is 32.2. The highest BCUT2D eigenvalue weighted by Gasteiger charge is 2.55. The number of nitrogens with zero attached hydrogens (tertiary/aromatic N) is 2. The third-order valence-corrected chi connectivity index (χ3v) is 6.54. The predicted molar refractivity (Wildman–Crippen MR) is 101 cm³/mol.